The Morgan fingerprint density at radius 2 is 1.67 bits per heavy atom. The van der Waals surface area contributed by atoms with Gasteiger partial charge in [0.05, 0.1) is 18.9 Å². The van der Waals surface area contributed by atoms with Crippen LogP contribution in [0.15, 0.2) is 42.5 Å². The maximum atomic E-state index is 13.9. The van der Waals surface area contributed by atoms with Crippen molar-refractivity contribution >= 4 is 23.9 Å². The number of carbonyl (C=O) groups excluding carboxylic acids is 4. The van der Waals surface area contributed by atoms with Crippen molar-refractivity contribution in [1.82, 2.24) is 25.4 Å². The molecule has 4 rings (SSSR count). The molecule has 2 N–H and O–H groups in total. The molecule has 1 atom stereocenters. The van der Waals surface area contributed by atoms with E-state index in [4.69, 9.17) is 14.2 Å². The quantitative estimate of drug-likeness (QED) is 0.213. The number of pyridine rings is 1. The second-order valence-corrected chi connectivity index (χ2v) is 13.7. The molecule has 0 spiro atoms. The number of ether oxygens (including phenoxy) is 3. The van der Waals surface area contributed by atoms with Gasteiger partial charge in [-0.05, 0) is 65.5 Å². The molecule has 49 heavy (non-hydrogen) atoms. The number of nitrogens with zero attached hydrogens (tertiary/aromatic N) is 3. The van der Waals surface area contributed by atoms with Crippen LogP contribution >= 0.6 is 0 Å². The number of carbonyl (C=O) groups is 4. The lowest BCUT2D eigenvalue weighted by Gasteiger charge is -2.36. The summed E-state index contributed by atoms with van der Waals surface area (Å²) in [5.74, 6) is -0.430. The van der Waals surface area contributed by atoms with E-state index in [1.165, 1.54) is 0 Å². The van der Waals surface area contributed by atoms with Gasteiger partial charge >= 0.3 is 12.1 Å². The molecular weight excluding hydrogens is 626 g/mol. The first kappa shape index (κ1) is 37.6. The Morgan fingerprint density at radius 3 is 2.35 bits per heavy atom. The zero-order chi connectivity index (χ0) is 35.2. The molecule has 3 amide bonds. The number of nitrogens with one attached hydrogen (secondary N) is 2. The summed E-state index contributed by atoms with van der Waals surface area (Å²) in [5, 5.41) is 6.23. The lowest BCUT2D eigenvalue weighted by atomic mass is 9.99. The van der Waals surface area contributed by atoms with Gasteiger partial charge in [0.2, 0.25) is 5.91 Å². The molecule has 2 aliphatic heterocycles. The van der Waals surface area contributed by atoms with Gasteiger partial charge in [-0.3, -0.25) is 14.4 Å². The number of amides is 3. The van der Waals surface area contributed by atoms with Crippen LogP contribution in [0.2, 0.25) is 0 Å². The highest BCUT2D eigenvalue weighted by molar-refractivity contribution is 5.97. The Balaban J connectivity index is 1.49. The smallest absolute Gasteiger partial charge is 0.409 e. The van der Waals surface area contributed by atoms with Crippen LogP contribution in [0.4, 0.5) is 4.79 Å². The number of piperazine rings is 1. The molecule has 0 unspecified atom stereocenters. The van der Waals surface area contributed by atoms with Gasteiger partial charge in [-0.2, -0.15) is 0 Å². The van der Waals surface area contributed by atoms with Crippen molar-refractivity contribution in [2.75, 3.05) is 52.5 Å². The van der Waals surface area contributed by atoms with Crippen LogP contribution < -0.4 is 15.4 Å². The molecule has 0 saturated carbocycles. The van der Waals surface area contributed by atoms with E-state index in [-0.39, 0.29) is 43.6 Å². The normalized spacial score (nSPS) is 16.1. The number of hydrogen-bond acceptors (Lipinski definition) is 9. The van der Waals surface area contributed by atoms with Crippen LogP contribution in [0.1, 0.15) is 83.1 Å². The van der Waals surface area contributed by atoms with E-state index in [1.807, 2.05) is 36.4 Å². The van der Waals surface area contributed by atoms with Gasteiger partial charge in [0.25, 0.3) is 5.91 Å². The third kappa shape index (κ3) is 12.3. The average Bonchev–Trinajstić information content (AvgIpc) is 3.10. The van der Waals surface area contributed by atoms with Crippen molar-refractivity contribution in [2.24, 2.45) is 5.92 Å². The second-order valence-electron chi connectivity index (χ2n) is 13.7. The third-order valence-corrected chi connectivity index (χ3v) is 8.53. The van der Waals surface area contributed by atoms with Crippen LogP contribution in [0, 0.1) is 5.92 Å². The second kappa shape index (κ2) is 18.5. The van der Waals surface area contributed by atoms with Crippen LogP contribution in [0.5, 0.6) is 5.75 Å². The van der Waals surface area contributed by atoms with Crippen molar-refractivity contribution < 1.29 is 33.4 Å². The van der Waals surface area contributed by atoms with E-state index in [2.05, 4.69) is 22.5 Å². The molecule has 1 aromatic heterocycles. The predicted octanol–water partition coefficient (Wildman–Crippen LogP) is 4.82. The first-order valence-corrected chi connectivity index (χ1v) is 17.7. The Bertz CT molecular complexity index is 1380. The molecule has 0 aliphatic carbocycles. The molecule has 0 radical (unpaired) electrons. The fourth-order valence-electron chi connectivity index (χ4n) is 5.80. The Hall–Kier alpha value is -4.19. The summed E-state index contributed by atoms with van der Waals surface area (Å²) >= 11 is 0. The van der Waals surface area contributed by atoms with Gasteiger partial charge < -0.3 is 34.6 Å². The van der Waals surface area contributed by atoms with E-state index in [9.17, 15) is 19.2 Å². The molecule has 12 heteroatoms. The van der Waals surface area contributed by atoms with E-state index in [0.29, 0.717) is 43.7 Å². The molecule has 3 heterocycles. The van der Waals surface area contributed by atoms with Crippen molar-refractivity contribution in [3.8, 4) is 17.0 Å². The van der Waals surface area contributed by atoms with Gasteiger partial charge in [-0.1, -0.05) is 50.1 Å². The van der Waals surface area contributed by atoms with E-state index in [1.54, 1.807) is 36.6 Å². The van der Waals surface area contributed by atoms with E-state index in [0.717, 1.165) is 50.8 Å². The minimum absolute atomic E-state index is 0.0383. The highest BCUT2D eigenvalue weighted by Gasteiger charge is 2.32. The molecule has 268 valence electrons. The van der Waals surface area contributed by atoms with Gasteiger partial charge in [-0.15, -0.1) is 0 Å². The zero-order valence-electron chi connectivity index (χ0n) is 29.5. The third-order valence-electron chi connectivity index (χ3n) is 8.53. The number of rotatable bonds is 14. The largest absolute Gasteiger partial charge is 0.493 e. The SMILES string of the molecule is CCCCCOC(=O)N1CCN(C(=O)[C@H](CCC(=O)OC(C)(C)C)NC(=O)c2cc(OCC3CCNCC3)cc(-c3ccccc3)n2)CC1. The van der Waals surface area contributed by atoms with Gasteiger partial charge in [0, 0.05) is 50.3 Å². The molecule has 0 bridgehead atoms. The lowest BCUT2D eigenvalue weighted by molar-refractivity contribution is -0.155. The monoisotopic (exact) mass is 679 g/mol. The first-order valence-electron chi connectivity index (χ1n) is 17.7. The zero-order valence-corrected chi connectivity index (χ0v) is 29.5. The number of hydrogen-bond donors (Lipinski definition) is 2. The van der Waals surface area contributed by atoms with Crippen molar-refractivity contribution in [1.29, 1.82) is 0 Å². The maximum absolute atomic E-state index is 13.9. The molecule has 2 saturated heterocycles. The van der Waals surface area contributed by atoms with Crippen molar-refractivity contribution in [3.63, 3.8) is 0 Å². The lowest BCUT2D eigenvalue weighted by Crippen LogP contribution is -2.56. The maximum Gasteiger partial charge on any atom is 0.409 e. The number of piperidine rings is 1. The number of esters is 1. The van der Waals surface area contributed by atoms with Crippen LogP contribution in [0.3, 0.4) is 0 Å². The van der Waals surface area contributed by atoms with Gasteiger partial charge in [0.1, 0.15) is 23.1 Å². The molecule has 12 nitrogen and oxygen atoms in total. The standard InChI is InChI=1S/C37H53N5O7/c1-5-6-10-23-47-36(46)42-21-19-41(20-22-42)35(45)30(13-14-33(43)49-37(2,3)4)40-34(44)32-25-29(48-26-27-15-17-38-18-16-27)24-31(39-32)28-11-8-7-9-12-28/h7-9,11-12,24-25,27,30,38H,5-6,10,13-23,26H2,1-4H3,(H,40,44)/t30-/m0/s1. The van der Waals surface area contributed by atoms with Crippen molar-refractivity contribution in [2.45, 2.75) is 84.3 Å². The summed E-state index contributed by atoms with van der Waals surface area (Å²) in [7, 11) is 0. The minimum atomic E-state index is -1.02. The Labute approximate surface area is 290 Å². The van der Waals surface area contributed by atoms with Crippen molar-refractivity contribution in [3.05, 3.63) is 48.2 Å². The highest BCUT2D eigenvalue weighted by atomic mass is 16.6. The first-order chi connectivity index (χ1) is 23.5. The fraction of sp³-hybridized carbons (Fsp3) is 0.595. The van der Waals surface area contributed by atoms with Gasteiger partial charge in [-0.25, -0.2) is 9.78 Å². The van der Waals surface area contributed by atoms with E-state index >= 15 is 0 Å². The number of unbranched alkanes of at least 4 members (excludes halogenated alkanes) is 2. The average molecular weight is 680 g/mol. The summed E-state index contributed by atoms with van der Waals surface area (Å²) in [6.07, 6.45) is 4.45. The van der Waals surface area contributed by atoms with Crippen LogP contribution in [0.25, 0.3) is 11.3 Å². The fourth-order valence-corrected chi connectivity index (χ4v) is 5.80. The summed E-state index contributed by atoms with van der Waals surface area (Å²) in [6.45, 7) is 11.4. The number of benzene rings is 1. The minimum Gasteiger partial charge on any atom is -0.493 e. The van der Waals surface area contributed by atoms with E-state index < -0.39 is 23.5 Å². The van der Waals surface area contributed by atoms with Crippen LogP contribution in [-0.2, 0) is 19.1 Å². The summed E-state index contributed by atoms with van der Waals surface area (Å²) < 4.78 is 17.1. The summed E-state index contributed by atoms with van der Waals surface area (Å²) in [4.78, 5) is 60.8. The summed E-state index contributed by atoms with van der Waals surface area (Å²) in [5.41, 5.74) is 0.812. The predicted molar refractivity (Wildman–Crippen MR) is 186 cm³/mol. The Morgan fingerprint density at radius 1 is 0.980 bits per heavy atom. The topological polar surface area (TPSA) is 139 Å². The molecular formula is C37H53N5O7. The molecule has 2 aromatic rings. The molecule has 2 fully saturated rings. The van der Waals surface area contributed by atoms with Crippen LogP contribution in [-0.4, -0.2) is 103 Å². The Kier molecular flexibility index (Phi) is 14.2. The van der Waals surface area contributed by atoms with Gasteiger partial charge in [0.15, 0.2) is 0 Å². The molecule has 1 aromatic carbocycles. The number of aromatic nitrogens is 1. The molecule has 2 aliphatic rings. The summed E-state index contributed by atoms with van der Waals surface area (Å²) in [6, 6.07) is 11.9. The highest BCUT2D eigenvalue weighted by Crippen LogP contribution is 2.25.